The molecule has 0 bridgehead atoms. The first-order chi connectivity index (χ1) is 20.4. The maximum atomic E-state index is 12.8. The number of carbonyl (C=O) groups is 1. The molecule has 5 rings (SSSR count). The Bertz CT molecular complexity index is 1690. The van der Waals surface area contributed by atoms with Crippen molar-refractivity contribution in [2.45, 2.75) is 27.4 Å². The molecule has 0 aliphatic rings. The van der Waals surface area contributed by atoms with Crippen molar-refractivity contribution in [1.82, 2.24) is 9.99 Å². The number of nitrogens with one attached hydrogen (secondary N) is 1. The van der Waals surface area contributed by atoms with E-state index in [-0.39, 0.29) is 5.91 Å². The molecule has 1 N–H and O–H groups in total. The second kappa shape index (κ2) is 13.5. The van der Waals surface area contributed by atoms with Crippen molar-refractivity contribution in [3.63, 3.8) is 0 Å². The van der Waals surface area contributed by atoms with Crippen LogP contribution in [0.25, 0.3) is 16.9 Å². The quantitative estimate of drug-likeness (QED) is 0.0929. The SMILES string of the molecule is CCOc1cc(/C=N/NC(=O)c2ccc(-n3c(C)ccc3-c3ccccc3)cc2)cc(I)c1OCc1ccc(C)cc1. The van der Waals surface area contributed by atoms with Crippen LogP contribution in [0.5, 0.6) is 11.5 Å². The van der Waals surface area contributed by atoms with Crippen molar-refractivity contribution in [1.29, 1.82) is 0 Å². The van der Waals surface area contributed by atoms with Gasteiger partial charge in [-0.15, -0.1) is 0 Å². The Kier molecular flexibility index (Phi) is 9.38. The topological polar surface area (TPSA) is 64.8 Å². The van der Waals surface area contributed by atoms with Gasteiger partial charge < -0.3 is 14.0 Å². The minimum atomic E-state index is -0.289. The van der Waals surface area contributed by atoms with Crippen LogP contribution in [0.2, 0.25) is 0 Å². The maximum absolute atomic E-state index is 12.8. The number of ether oxygens (including phenoxy) is 2. The van der Waals surface area contributed by atoms with Crippen molar-refractivity contribution in [2.75, 3.05) is 6.61 Å². The highest BCUT2D eigenvalue weighted by Gasteiger charge is 2.13. The summed E-state index contributed by atoms with van der Waals surface area (Å²) in [6.45, 7) is 7.01. The molecule has 4 aromatic carbocycles. The predicted octanol–water partition coefficient (Wildman–Crippen LogP) is 8.11. The lowest BCUT2D eigenvalue weighted by atomic mass is 10.1. The van der Waals surface area contributed by atoms with Crippen LogP contribution in [0.4, 0.5) is 0 Å². The number of aryl methyl sites for hydroxylation is 2. The average molecular weight is 670 g/mol. The molecule has 7 heteroatoms. The molecule has 0 atom stereocenters. The summed E-state index contributed by atoms with van der Waals surface area (Å²) in [6, 6.07) is 34.1. The van der Waals surface area contributed by atoms with E-state index in [2.05, 4.69) is 100 Å². The average Bonchev–Trinajstić information content (AvgIpc) is 3.39. The van der Waals surface area contributed by atoms with Crippen molar-refractivity contribution in [3.8, 4) is 28.4 Å². The van der Waals surface area contributed by atoms with Gasteiger partial charge in [0.05, 0.1) is 22.1 Å². The van der Waals surface area contributed by atoms with Crippen molar-refractivity contribution < 1.29 is 14.3 Å². The van der Waals surface area contributed by atoms with E-state index in [4.69, 9.17) is 9.47 Å². The van der Waals surface area contributed by atoms with E-state index in [1.165, 1.54) is 5.56 Å². The van der Waals surface area contributed by atoms with Crippen molar-refractivity contribution in [2.24, 2.45) is 5.10 Å². The Morgan fingerprint density at radius 1 is 0.905 bits per heavy atom. The van der Waals surface area contributed by atoms with Crippen LogP contribution in [0.3, 0.4) is 0 Å². The normalized spacial score (nSPS) is 11.0. The molecule has 212 valence electrons. The second-order valence-electron chi connectivity index (χ2n) is 9.84. The molecule has 0 aliphatic carbocycles. The zero-order valence-electron chi connectivity index (χ0n) is 23.8. The van der Waals surface area contributed by atoms with Crippen LogP contribution in [-0.4, -0.2) is 23.3 Å². The fourth-order valence-electron chi connectivity index (χ4n) is 4.61. The molecule has 0 fully saturated rings. The van der Waals surface area contributed by atoms with Crippen molar-refractivity contribution >= 4 is 34.7 Å². The van der Waals surface area contributed by atoms with Crippen LogP contribution in [-0.2, 0) is 6.61 Å². The highest BCUT2D eigenvalue weighted by atomic mass is 127. The van der Waals surface area contributed by atoms with Gasteiger partial charge in [-0.3, -0.25) is 4.79 Å². The number of benzene rings is 4. The molecule has 0 spiro atoms. The summed E-state index contributed by atoms with van der Waals surface area (Å²) in [7, 11) is 0. The lowest BCUT2D eigenvalue weighted by molar-refractivity contribution is 0.0955. The molecule has 0 unspecified atom stereocenters. The summed E-state index contributed by atoms with van der Waals surface area (Å²) < 4.78 is 15.1. The first kappa shape index (κ1) is 29.1. The van der Waals surface area contributed by atoms with E-state index in [1.54, 1.807) is 6.21 Å². The first-order valence-electron chi connectivity index (χ1n) is 13.7. The number of amides is 1. The third-order valence-electron chi connectivity index (χ3n) is 6.75. The number of nitrogens with zero attached hydrogens (tertiary/aromatic N) is 2. The summed E-state index contributed by atoms with van der Waals surface area (Å²) in [5.74, 6) is 1.03. The standard InChI is InChI=1S/C35H32IN3O3/c1-4-41-33-21-27(20-31(36)34(33)42-23-26-13-10-24(2)11-14-26)22-37-38-35(40)29-15-17-30(18-16-29)39-25(3)12-19-32(39)28-8-6-5-7-9-28/h5-22H,4,23H2,1-3H3,(H,38,40)/b37-22+. The van der Waals surface area contributed by atoms with Gasteiger partial charge in [-0.2, -0.15) is 5.10 Å². The van der Waals surface area contributed by atoms with Gasteiger partial charge >= 0.3 is 0 Å². The monoisotopic (exact) mass is 669 g/mol. The molecule has 42 heavy (non-hydrogen) atoms. The van der Waals surface area contributed by atoms with Gasteiger partial charge in [0.1, 0.15) is 6.61 Å². The van der Waals surface area contributed by atoms with E-state index in [1.807, 2.05) is 61.5 Å². The van der Waals surface area contributed by atoms with Crippen LogP contribution in [0, 0.1) is 17.4 Å². The lowest BCUT2D eigenvalue weighted by Gasteiger charge is -2.15. The van der Waals surface area contributed by atoms with E-state index >= 15 is 0 Å². The Morgan fingerprint density at radius 2 is 1.64 bits per heavy atom. The number of aromatic nitrogens is 1. The Balaban J connectivity index is 1.26. The summed E-state index contributed by atoms with van der Waals surface area (Å²) in [4.78, 5) is 12.8. The third-order valence-corrected chi connectivity index (χ3v) is 7.55. The summed E-state index contributed by atoms with van der Waals surface area (Å²) in [5.41, 5.74) is 10.6. The zero-order valence-corrected chi connectivity index (χ0v) is 26.0. The molecule has 0 saturated heterocycles. The molecule has 1 heterocycles. The number of hydrogen-bond donors (Lipinski definition) is 1. The highest BCUT2D eigenvalue weighted by Crippen LogP contribution is 2.34. The second-order valence-corrected chi connectivity index (χ2v) is 11.0. The maximum Gasteiger partial charge on any atom is 0.271 e. The van der Waals surface area contributed by atoms with Gasteiger partial charge in [0.2, 0.25) is 0 Å². The zero-order chi connectivity index (χ0) is 29.5. The fraction of sp³-hybridized carbons (Fsp3) is 0.143. The minimum absolute atomic E-state index is 0.289. The van der Waals surface area contributed by atoms with Gasteiger partial charge in [0, 0.05) is 16.9 Å². The van der Waals surface area contributed by atoms with Gasteiger partial charge in [-0.05, 0) is 109 Å². The van der Waals surface area contributed by atoms with Crippen LogP contribution in [0.1, 0.15) is 39.7 Å². The molecular formula is C35H32IN3O3. The number of hydrazone groups is 1. The summed E-state index contributed by atoms with van der Waals surface area (Å²) >= 11 is 2.23. The summed E-state index contributed by atoms with van der Waals surface area (Å²) in [6.07, 6.45) is 1.61. The third kappa shape index (κ3) is 6.91. The Labute approximate surface area is 260 Å². The predicted molar refractivity (Wildman–Crippen MR) is 177 cm³/mol. The number of carbonyl (C=O) groups excluding carboxylic acids is 1. The van der Waals surface area contributed by atoms with Gasteiger partial charge in [0.25, 0.3) is 5.91 Å². The van der Waals surface area contributed by atoms with Crippen LogP contribution >= 0.6 is 22.6 Å². The molecule has 0 aliphatic heterocycles. The van der Waals surface area contributed by atoms with Gasteiger partial charge in [0.15, 0.2) is 11.5 Å². The number of hydrogen-bond acceptors (Lipinski definition) is 4. The first-order valence-corrected chi connectivity index (χ1v) is 14.8. The molecule has 5 aromatic rings. The molecule has 0 saturated carbocycles. The molecule has 0 radical (unpaired) electrons. The molecule has 1 amide bonds. The van der Waals surface area contributed by atoms with E-state index in [9.17, 15) is 4.79 Å². The molecular weight excluding hydrogens is 637 g/mol. The molecule has 1 aromatic heterocycles. The largest absolute Gasteiger partial charge is 0.490 e. The van der Waals surface area contributed by atoms with E-state index in [0.717, 1.165) is 37.3 Å². The number of rotatable bonds is 10. The van der Waals surface area contributed by atoms with Crippen molar-refractivity contribution in [3.05, 3.63) is 135 Å². The van der Waals surface area contributed by atoms with Gasteiger partial charge in [-0.25, -0.2) is 5.43 Å². The van der Waals surface area contributed by atoms with E-state index in [0.29, 0.717) is 30.3 Å². The lowest BCUT2D eigenvalue weighted by Crippen LogP contribution is -2.17. The Morgan fingerprint density at radius 3 is 2.36 bits per heavy atom. The summed E-state index contributed by atoms with van der Waals surface area (Å²) in [5, 5.41) is 4.20. The van der Waals surface area contributed by atoms with Crippen LogP contribution < -0.4 is 14.9 Å². The molecule has 6 nitrogen and oxygen atoms in total. The van der Waals surface area contributed by atoms with Crippen LogP contribution in [0.15, 0.2) is 108 Å². The van der Waals surface area contributed by atoms with E-state index < -0.39 is 0 Å². The van der Waals surface area contributed by atoms with Gasteiger partial charge in [-0.1, -0.05) is 60.2 Å². The highest BCUT2D eigenvalue weighted by molar-refractivity contribution is 14.1. The smallest absolute Gasteiger partial charge is 0.271 e. The fourth-order valence-corrected chi connectivity index (χ4v) is 5.39. The minimum Gasteiger partial charge on any atom is -0.490 e. The Hall–Kier alpha value is -4.37. The number of halogens is 1.